The van der Waals surface area contributed by atoms with Crippen molar-refractivity contribution in [2.24, 2.45) is 0 Å². The summed E-state index contributed by atoms with van der Waals surface area (Å²) in [6.45, 7) is 6.47. The van der Waals surface area contributed by atoms with Crippen molar-refractivity contribution in [1.29, 1.82) is 0 Å². The van der Waals surface area contributed by atoms with E-state index < -0.39 is 0 Å². The first-order valence-corrected chi connectivity index (χ1v) is 5.21. The molecule has 1 atom stereocenters. The van der Waals surface area contributed by atoms with Gasteiger partial charge in [-0.15, -0.1) is 0 Å². The molecular formula is C10H21NO. The highest BCUT2D eigenvalue weighted by molar-refractivity contribution is 4.73. The van der Waals surface area contributed by atoms with Crippen LogP contribution in [0, 0.1) is 0 Å². The molecule has 1 aliphatic rings. The molecule has 0 aliphatic carbocycles. The van der Waals surface area contributed by atoms with E-state index in [9.17, 15) is 0 Å². The molecule has 0 radical (unpaired) electrons. The quantitative estimate of drug-likeness (QED) is 0.682. The second kappa shape index (κ2) is 5.55. The van der Waals surface area contributed by atoms with Crippen LogP contribution in [0.4, 0.5) is 0 Å². The average Bonchev–Trinajstić information content (AvgIpc) is 2.59. The maximum Gasteiger partial charge on any atom is 0.0623 e. The molecule has 0 saturated carbocycles. The topological polar surface area (TPSA) is 21.3 Å². The second-order valence-electron chi connectivity index (χ2n) is 3.57. The Labute approximate surface area is 75.7 Å². The van der Waals surface area contributed by atoms with Gasteiger partial charge in [0.25, 0.3) is 0 Å². The van der Waals surface area contributed by atoms with E-state index in [0.717, 1.165) is 19.4 Å². The lowest BCUT2D eigenvalue weighted by atomic mass is 10.2. The highest BCUT2D eigenvalue weighted by Gasteiger charge is 2.15. The Bertz CT molecular complexity index is 104. The van der Waals surface area contributed by atoms with Crippen LogP contribution in [0.3, 0.4) is 0 Å². The van der Waals surface area contributed by atoms with Crippen molar-refractivity contribution < 1.29 is 4.74 Å². The van der Waals surface area contributed by atoms with E-state index in [4.69, 9.17) is 4.74 Å². The van der Waals surface area contributed by atoms with Gasteiger partial charge in [0.2, 0.25) is 0 Å². The predicted octanol–water partition coefficient (Wildman–Crippen LogP) is 1.94. The van der Waals surface area contributed by atoms with Gasteiger partial charge in [0, 0.05) is 6.04 Å². The van der Waals surface area contributed by atoms with Gasteiger partial charge in [-0.1, -0.05) is 13.8 Å². The molecule has 0 amide bonds. The van der Waals surface area contributed by atoms with Gasteiger partial charge >= 0.3 is 0 Å². The molecule has 0 aromatic heterocycles. The fraction of sp³-hybridized carbons (Fsp3) is 1.00. The SMILES string of the molecule is CCC(CC)OCC1CCCN1. The minimum atomic E-state index is 0.479. The van der Waals surface area contributed by atoms with Crippen LogP contribution in [0.2, 0.25) is 0 Å². The molecule has 0 aromatic carbocycles. The van der Waals surface area contributed by atoms with Gasteiger partial charge in [0.05, 0.1) is 12.7 Å². The largest absolute Gasteiger partial charge is 0.377 e. The lowest BCUT2D eigenvalue weighted by molar-refractivity contribution is 0.0366. The number of rotatable bonds is 5. The van der Waals surface area contributed by atoms with Crippen LogP contribution in [0.1, 0.15) is 39.5 Å². The molecule has 1 unspecified atom stereocenters. The summed E-state index contributed by atoms with van der Waals surface area (Å²) >= 11 is 0. The third-order valence-electron chi connectivity index (χ3n) is 2.61. The summed E-state index contributed by atoms with van der Waals surface area (Å²) in [4.78, 5) is 0. The third kappa shape index (κ3) is 3.11. The molecule has 1 saturated heterocycles. The Morgan fingerprint density at radius 2 is 2.17 bits per heavy atom. The van der Waals surface area contributed by atoms with E-state index in [1.165, 1.54) is 19.4 Å². The summed E-state index contributed by atoms with van der Waals surface area (Å²) in [7, 11) is 0. The lowest BCUT2D eigenvalue weighted by Gasteiger charge is -2.17. The summed E-state index contributed by atoms with van der Waals surface area (Å²) in [6, 6.07) is 0.630. The molecule has 72 valence electrons. The molecule has 1 heterocycles. The zero-order valence-corrected chi connectivity index (χ0v) is 8.31. The summed E-state index contributed by atoms with van der Waals surface area (Å²) in [6.07, 6.45) is 5.37. The lowest BCUT2D eigenvalue weighted by Crippen LogP contribution is -2.29. The molecule has 1 N–H and O–H groups in total. The Morgan fingerprint density at radius 1 is 1.42 bits per heavy atom. The van der Waals surface area contributed by atoms with Crippen LogP contribution in [0.5, 0.6) is 0 Å². The smallest absolute Gasteiger partial charge is 0.0623 e. The van der Waals surface area contributed by atoms with Gasteiger partial charge in [0.15, 0.2) is 0 Å². The van der Waals surface area contributed by atoms with E-state index in [-0.39, 0.29) is 0 Å². The van der Waals surface area contributed by atoms with Crippen molar-refractivity contribution in [1.82, 2.24) is 5.32 Å². The predicted molar refractivity (Wildman–Crippen MR) is 51.3 cm³/mol. The minimum absolute atomic E-state index is 0.479. The molecule has 0 spiro atoms. The van der Waals surface area contributed by atoms with Crippen molar-refractivity contribution >= 4 is 0 Å². The molecule has 2 nitrogen and oxygen atoms in total. The summed E-state index contributed by atoms with van der Waals surface area (Å²) in [5.74, 6) is 0. The van der Waals surface area contributed by atoms with Gasteiger partial charge in [-0.05, 0) is 32.2 Å². The Kier molecular flexibility index (Phi) is 4.62. The molecule has 1 rings (SSSR count). The van der Waals surface area contributed by atoms with Crippen molar-refractivity contribution in [3.05, 3.63) is 0 Å². The zero-order chi connectivity index (χ0) is 8.81. The van der Waals surface area contributed by atoms with Crippen LogP contribution in [-0.4, -0.2) is 25.3 Å². The minimum Gasteiger partial charge on any atom is -0.377 e. The van der Waals surface area contributed by atoms with Crippen molar-refractivity contribution in [3.63, 3.8) is 0 Å². The van der Waals surface area contributed by atoms with Gasteiger partial charge in [-0.3, -0.25) is 0 Å². The Morgan fingerprint density at radius 3 is 2.67 bits per heavy atom. The molecule has 12 heavy (non-hydrogen) atoms. The maximum absolute atomic E-state index is 5.76. The first-order chi connectivity index (χ1) is 5.86. The normalized spacial score (nSPS) is 23.8. The first kappa shape index (κ1) is 10.0. The number of hydrogen-bond donors (Lipinski definition) is 1. The summed E-state index contributed by atoms with van der Waals surface area (Å²) in [5, 5.41) is 3.44. The van der Waals surface area contributed by atoms with Gasteiger partial charge in [-0.2, -0.15) is 0 Å². The summed E-state index contributed by atoms with van der Waals surface area (Å²) in [5.41, 5.74) is 0. The molecule has 0 aromatic rings. The van der Waals surface area contributed by atoms with E-state index in [1.54, 1.807) is 0 Å². The van der Waals surface area contributed by atoms with Crippen molar-refractivity contribution in [2.45, 2.75) is 51.7 Å². The number of ether oxygens (including phenoxy) is 1. The van der Waals surface area contributed by atoms with E-state index >= 15 is 0 Å². The molecule has 1 fully saturated rings. The maximum atomic E-state index is 5.76. The molecule has 2 heteroatoms. The summed E-state index contributed by atoms with van der Waals surface area (Å²) < 4.78 is 5.76. The van der Waals surface area contributed by atoms with Crippen LogP contribution in [0.25, 0.3) is 0 Å². The van der Waals surface area contributed by atoms with Crippen LogP contribution in [-0.2, 0) is 4.74 Å². The Hall–Kier alpha value is -0.0800. The van der Waals surface area contributed by atoms with Gasteiger partial charge < -0.3 is 10.1 Å². The van der Waals surface area contributed by atoms with Crippen LogP contribution >= 0.6 is 0 Å². The third-order valence-corrected chi connectivity index (χ3v) is 2.61. The van der Waals surface area contributed by atoms with Crippen molar-refractivity contribution in [3.8, 4) is 0 Å². The van der Waals surface area contributed by atoms with Crippen molar-refractivity contribution in [2.75, 3.05) is 13.2 Å². The van der Waals surface area contributed by atoms with E-state index in [0.29, 0.717) is 12.1 Å². The number of nitrogens with one attached hydrogen (secondary N) is 1. The highest BCUT2D eigenvalue weighted by Crippen LogP contribution is 2.08. The highest BCUT2D eigenvalue weighted by atomic mass is 16.5. The zero-order valence-electron chi connectivity index (χ0n) is 8.31. The molecular weight excluding hydrogens is 150 g/mol. The van der Waals surface area contributed by atoms with Gasteiger partial charge in [-0.25, -0.2) is 0 Å². The molecule has 0 bridgehead atoms. The van der Waals surface area contributed by atoms with E-state index in [2.05, 4.69) is 19.2 Å². The fourth-order valence-electron chi connectivity index (χ4n) is 1.68. The second-order valence-corrected chi connectivity index (χ2v) is 3.57. The van der Waals surface area contributed by atoms with Crippen LogP contribution in [0.15, 0.2) is 0 Å². The van der Waals surface area contributed by atoms with Gasteiger partial charge in [0.1, 0.15) is 0 Å². The number of hydrogen-bond acceptors (Lipinski definition) is 2. The standard InChI is InChI=1S/C10H21NO/c1-3-10(4-2)12-8-9-6-5-7-11-9/h9-11H,3-8H2,1-2H3. The first-order valence-electron chi connectivity index (χ1n) is 5.21. The van der Waals surface area contributed by atoms with E-state index in [1.807, 2.05) is 0 Å². The monoisotopic (exact) mass is 171 g/mol. The molecule has 1 aliphatic heterocycles. The van der Waals surface area contributed by atoms with Crippen LogP contribution < -0.4 is 5.32 Å². The fourth-order valence-corrected chi connectivity index (χ4v) is 1.68. The Balaban J connectivity index is 2.06. The average molecular weight is 171 g/mol.